The molecule has 0 atom stereocenters. The maximum Gasteiger partial charge on any atom is 0.113 e. The van der Waals surface area contributed by atoms with Crippen LogP contribution in [-0.4, -0.2) is 17.8 Å². The van der Waals surface area contributed by atoms with Crippen LogP contribution in [0.2, 0.25) is 0 Å². The lowest BCUT2D eigenvalue weighted by atomic mass is 9.91. The number of aryl methyl sites for hydroxylation is 1. The average Bonchev–Trinajstić information content (AvgIpc) is 2.97. The van der Waals surface area contributed by atoms with Crippen LogP contribution in [0.25, 0.3) is 56.2 Å². The fourth-order valence-electron chi connectivity index (χ4n) is 4.71. The van der Waals surface area contributed by atoms with Crippen LogP contribution >= 0.6 is 0 Å². The molecule has 0 aliphatic carbocycles. The van der Waals surface area contributed by atoms with Gasteiger partial charge in [-0.3, -0.25) is 0 Å². The maximum absolute atomic E-state index is 6.15. The molecule has 6 aromatic rings. The van der Waals surface area contributed by atoms with Gasteiger partial charge in [-0.25, -0.2) is 9.97 Å². The van der Waals surface area contributed by atoms with E-state index >= 15 is 0 Å². The Morgan fingerprint density at radius 3 is 1.34 bits per heavy atom. The highest BCUT2D eigenvalue weighted by atomic mass is 14.8. The first-order chi connectivity index (χ1) is 18.6. The fraction of sp³-hybridized carbons (Fsp3) is 0.0286. The van der Waals surface area contributed by atoms with Crippen molar-refractivity contribution in [3.63, 3.8) is 0 Å². The van der Waals surface area contributed by atoms with E-state index in [9.17, 15) is 0 Å². The van der Waals surface area contributed by atoms with Gasteiger partial charge in [0.15, 0.2) is 0 Å². The fourth-order valence-corrected chi connectivity index (χ4v) is 4.71. The molecule has 38 heavy (non-hydrogen) atoms. The van der Waals surface area contributed by atoms with Crippen molar-refractivity contribution >= 4 is 13.3 Å². The van der Waals surface area contributed by atoms with Crippen LogP contribution in [0.5, 0.6) is 0 Å². The Hall–Kier alpha value is -4.76. The minimum Gasteiger partial charge on any atom is -0.246 e. The Bertz CT molecular complexity index is 1600. The molecule has 0 bridgehead atoms. The first kappa shape index (κ1) is 23.6. The van der Waals surface area contributed by atoms with E-state index in [1.165, 1.54) is 5.56 Å². The highest BCUT2D eigenvalue weighted by molar-refractivity contribution is 6.32. The highest BCUT2D eigenvalue weighted by Gasteiger charge is 2.14. The molecular formula is C35H25BN2. The smallest absolute Gasteiger partial charge is 0.113 e. The maximum atomic E-state index is 6.15. The van der Waals surface area contributed by atoms with Crippen molar-refractivity contribution in [2.45, 2.75) is 6.92 Å². The van der Waals surface area contributed by atoms with E-state index in [2.05, 4.69) is 85.8 Å². The van der Waals surface area contributed by atoms with Gasteiger partial charge in [-0.1, -0.05) is 120 Å². The monoisotopic (exact) mass is 484 g/mol. The van der Waals surface area contributed by atoms with E-state index in [0.717, 1.165) is 61.6 Å². The number of pyridine rings is 2. The number of nitrogens with zero attached hydrogens (tertiary/aromatic N) is 2. The van der Waals surface area contributed by atoms with Crippen molar-refractivity contribution in [2.75, 3.05) is 0 Å². The van der Waals surface area contributed by atoms with Crippen LogP contribution in [0, 0.1) is 6.92 Å². The molecule has 0 spiro atoms. The van der Waals surface area contributed by atoms with E-state index in [1.807, 2.05) is 54.6 Å². The summed E-state index contributed by atoms with van der Waals surface area (Å²) in [5, 5.41) is 0. The Morgan fingerprint density at radius 1 is 0.395 bits per heavy atom. The third-order valence-corrected chi connectivity index (χ3v) is 6.62. The van der Waals surface area contributed by atoms with Crippen molar-refractivity contribution < 1.29 is 0 Å². The summed E-state index contributed by atoms with van der Waals surface area (Å²) in [6.07, 6.45) is 0. The van der Waals surface area contributed by atoms with Crippen molar-refractivity contribution in [3.8, 4) is 56.2 Å². The molecule has 0 fully saturated rings. The summed E-state index contributed by atoms with van der Waals surface area (Å²) in [6.45, 7) is 2.12. The molecule has 0 amide bonds. The van der Waals surface area contributed by atoms with Crippen LogP contribution in [-0.2, 0) is 0 Å². The van der Waals surface area contributed by atoms with Crippen molar-refractivity contribution in [2.24, 2.45) is 0 Å². The first-order valence-electron chi connectivity index (χ1n) is 12.7. The van der Waals surface area contributed by atoms with Gasteiger partial charge in [-0.05, 0) is 53.4 Å². The van der Waals surface area contributed by atoms with Crippen LogP contribution in [0.15, 0.2) is 133 Å². The van der Waals surface area contributed by atoms with Gasteiger partial charge in [0.05, 0.1) is 22.8 Å². The summed E-state index contributed by atoms with van der Waals surface area (Å²) in [7, 11) is 6.15. The van der Waals surface area contributed by atoms with Crippen molar-refractivity contribution in [1.82, 2.24) is 9.97 Å². The number of hydrogen-bond acceptors (Lipinski definition) is 2. The summed E-state index contributed by atoms with van der Waals surface area (Å²) < 4.78 is 0. The third-order valence-electron chi connectivity index (χ3n) is 6.62. The van der Waals surface area contributed by atoms with Gasteiger partial charge in [0, 0.05) is 11.1 Å². The molecule has 2 heterocycles. The van der Waals surface area contributed by atoms with E-state index in [1.54, 1.807) is 0 Å². The highest BCUT2D eigenvalue weighted by Crippen LogP contribution is 2.33. The van der Waals surface area contributed by atoms with Gasteiger partial charge in [-0.15, -0.1) is 0 Å². The molecule has 178 valence electrons. The van der Waals surface area contributed by atoms with Crippen molar-refractivity contribution in [1.29, 1.82) is 0 Å². The zero-order valence-corrected chi connectivity index (χ0v) is 21.2. The van der Waals surface area contributed by atoms with Crippen LogP contribution in [0.3, 0.4) is 0 Å². The van der Waals surface area contributed by atoms with Gasteiger partial charge < -0.3 is 0 Å². The van der Waals surface area contributed by atoms with Crippen LogP contribution in [0.1, 0.15) is 5.56 Å². The van der Waals surface area contributed by atoms with E-state index in [-0.39, 0.29) is 0 Å². The standard InChI is InChI=1S/C35H25BN2/c1-24-10-8-15-27(18-24)29-20-32(25-11-4-2-5-12-25)37-34(22-29)35-23-30(28-16-9-17-31(36)19-28)21-33(38-35)26-13-6-3-7-14-26/h2-23H,1H3. The lowest BCUT2D eigenvalue weighted by Crippen LogP contribution is -2.01. The Morgan fingerprint density at radius 2 is 0.842 bits per heavy atom. The zero-order chi connectivity index (χ0) is 25.9. The second-order valence-corrected chi connectivity index (χ2v) is 9.48. The SMILES string of the molecule is [B]c1cccc(-c2cc(-c3ccccc3)nc(-c3cc(-c4cccc(C)c4)cc(-c4ccccc4)n3)c2)c1. The van der Waals surface area contributed by atoms with E-state index < -0.39 is 0 Å². The Labute approximate surface area is 225 Å². The zero-order valence-electron chi connectivity index (χ0n) is 21.2. The molecule has 0 unspecified atom stereocenters. The predicted molar refractivity (Wildman–Crippen MR) is 159 cm³/mol. The molecule has 6 rings (SSSR count). The molecule has 2 nitrogen and oxygen atoms in total. The minimum absolute atomic E-state index is 0.730. The normalized spacial score (nSPS) is 10.9. The van der Waals surface area contributed by atoms with Gasteiger partial charge in [0.1, 0.15) is 7.85 Å². The van der Waals surface area contributed by atoms with Gasteiger partial charge >= 0.3 is 0 Å². The average molecular weight is 484 g/mol. The Balaban J connectivity index is 1.59. The predicted octanol–water partition coefficient (Wildman–Crippen LogP) is 7.91. The van der Waals surface area contributed by atoms with E-state index in [0.29, 0.717) is 0 Å². The molecule has 0 aliphatic heterocycles. The molecule has 4 aromatic carbocycles. The lowest BCUT2D eigenvalue weighted by molar-refractivity contribution is 1.25. The molecule has 0 saturated carbocycles. The molecule has 2 aromatic heterocycles. The number of benzene rings is 4. The molecule has 0 saturated heterocycles. The number of rotatable bonds is 5. The van der Waals surface area contributed by atoms with Gasteiger partial charge in [0.2, 0.25) is 0 Å². The quantitative estimate of drug-likeness (QED) is 0.232. The summed E-state index contributed by atoms with van der Waals surface area (Å²) in [6, 6.07) is 45.6. The summed E-state index contributed by atoms with van der Waals surface area (Å²) in [5.74, 6) is 0. The van der Waals surface area contributed by atoms with Crippen LogP contribution in [0.4, 0.5) is 0 Å². The topological polar surface area (TPSA) is 25.8 Å². The van der Waals surface area contributed by atoms with Crippen molar-refractivity contribution in [3.05, 3.63) is 139 Å². The molecule has 2 radical (unpaired) electrons. The number of aromatic nitrogens is 2. The largest absolute Gasteiger partial charge is 0.246 e. The molecule has 0 N–H and O–H groups in total. The molecule has 0 aliphatic rings. The summed E-state index contributed by atoms with van der Waals surface area (Å²) in [4.78, 5) is 10.2. The number of hydrogen-bond donors (Lipinski definition) is 0. The Kier molecular flexibility index (Phi) is 6.41. The van der Waals surface area contributed by atoms with E-state index in [4.69, 9.17) is 17.8 Å². The lowest BCUT2D eigenvalue weighted by Gasteiger charge is -2.13. The third kappa shape index (κ3) is 5.05. The minimum atomic E-state index is 0.730. The molecular weight excluding hydrogens is 459 g/mol. The second kappa shape index (κ2) is 10.3. The first-order valence-corrected chi connectivity index (χ1v) is 12.7. The summed E-state index contributed by atoms with van der Waals surface area (Å²) in [5.41, 5.74) is 11.9. The summed E-state index contributed by atoms with van der Waals surface area (Å²) >= 11 is 0. The van der Waals surface area contributed by atoms with Gasteiger partial charge in [0.25, 0.3) is 0 Å². The van der Waals surface area contributed by atoms with Crippen LogP contribution < -0.4 is 5.46 Å². The second-order valence-electron chi connectivity index (χ2n) is 9.48. The molecule has 3 heteroatoms. The van der Waals surface area contributed by atoms with Gasteiger partial charge in [-0.2, -0.15) is 0 Å².